The molecule has 3 unspecified atom stereocenters. The zero-order valence-electron chi connectivity index (χ0n) is 14.9. The lowest BCUT2D eigenvalue weighted by Gasteiger charge is -2.55. The van der Waals surface area contributed by atoms with Crippen molar-refractivity contribution in [2.75, 3.05) is 19.6 Å². The van der Waals surface area contributed by atoms with Crippen LogP contribution in [0.15, 0.2) is 35.9 Å². The Balaban J connectivity index is 1.67. The van der Waals surface area contributed by atoms with E-state index in [0.717, 1.165) is 31.5 Å². The third kappa shape index (κ3) is 2.83. The number of rotatable bonds is 4. The van der Waals surface area contributed by atoms with Crippen LogP contribution >= 0.6 is 11.8 Å². The molecule has 2 fully saturated rings. The number of carbonyl (C=O) groups excluding carboxylic acids is 1. The Hall–Kier alpha value is -1.71. The van der Waals surface area contributed by atoms with Crippen LogP contribution in [0.2, 0.25) is 0 Å². The van der Waals surface area contributed by atoms with E-state index in [0.29, 0.717) is 24.8 Å². The number of hydrogen-bond acceptors (Lipinski definition) is 4. The lowest BCUT2D eigenvalue weighted by atomic mass is 10.1. The number of carbonyl (C=O) groups is 1. The number of urea groups is 1. The van der Waals surface area contributed by atoms with Crippen LogP contribution < -0.4 is 15.1 Å². The average molecular weight is 399 g/mol. The normalized spacial score (nSPS) is 33.2. The van der Waals surface area contributed by atoms with Crippen LogP contribution in [0.25, 0.3) is 0 Å². The van der Waals surface area contributed by atoms with Crippen molar-refractivity contribution in [2.24, 2.45) is 0 Å². The van der Waals surface area contributed by atoms with Gasteiger partial charge in [0.25, 0.3) is 0 Å². The van der Waals surface area contributed by atoms with Crippen molar-refractivity contribution in [3.8, 4) is 0 Å². The van der Waals surface area contributed by atoms with Gasteiger partial charge >= 0.3 is 17.3 Å². The molecule has 5 nitrogen and oxygen atoms in total. The SMILES string of the molecule is CC1CCCN1CC[N+]1(c2ccc(C(F)(F)F)cc2)C(=O)NC12NC=CS2. The zero-order chi connectivity index (χ0) is 19.3. The van der Waals surface area contributed by atoms with Crippen LogP contribution in [0.4, 0.5) is 23.7 Å². The molecule has 3 heterocycles. The molecular weight excluding hydrogens is 377 g/mol. The van der Waals surface area contributed by atoms with Gasteiger partial charge in [0.1, 0.15) is 12.2 Å². The summed E-state index contributed by atoms with van der Waals surface area (Å²) in [6.45, 7) is 4.36. The van der Waals surface area contributed by atoms with Gasteiger partial charge in [-0.3, -0.25) is 4.90 Å². The number of thioether (sulfide) groups is 1. The smallest absolute Gasteiger partial charge is 0.311 e. The van der Waals surface area contributed by atoms with Gasteiger partial charge in [-0.15, -0.1) is 0 Å². The molecule has 0 bridgehead atoms. The highest BCUT2D eigenvalue weighted by atomic mass is 32.2. The van der Waals surface area contributed by atoms with Gasteiger partial charge in [0.2, 0.25) is 0 Å². The fourth-order valence-electron chi connectivity index (χ4n) is 4.20. The number of quaternary nitrogens is 1. The van der Waals surface area contributed by atoms with E-state index in [9.17, 15) is 18.0 Å². The van der Waals surface area contributed by atoms with Gasteiger partial charge in [-0.1, -0.05) is 0 Å². The minimum atomic E-state index is -4.40. The molecule has 2 amide bonds. The summed E-state index contributed by atoms with van der Waals surface area (Å²) in [6, 6.07) is 5.22. The summed E-state index contributed by atoms with van der Waals surface area (Å²) in [5, 5.41) is 7.19. The Bertz CT molecular complexity index is 759. The fraction of sp³-hybridized carbons (Fsp3) is 0.500. The van der Waals surface area contributed by atoms with E-state index in [1.165, 1.54) is 23.9 Å². The number of amides is 2. The Kier molecular flexibility index (Phi) is 4.44. The zero-order valence-corrected chi connectivity index (χ0v) is 15.7. The lowest BCUT2D eigenvalue weighted by Crippen LogP contribution is -2.90. The van der Waals surface area contributed by atoms with Crippen molar-refractivity contribution in [3.05, 3.63) is 41.4 Å². The maximum absolute atomic E-state index is 13.0. The lowest BCUT2D eigenvalue weighted by molar-refractivity contribution is -0.137. The summed E-state index contributed by atoms with van der Waals surface area (Å²) in [5.74, 6) is 0. The monoisotopic (exact) mass is 399 g/mol. The summed E-state index contributed by atoms with van der Waals surface area (Å²) in [4.78, 5) is 15.2. The summed E-state index contributed by atoms with van der Waals surface area (Å²) in [5.41, 5.74) is -0.153. The number of alkyl halides is 3. The number of likely N-dealkylation sites (tertiary alicyclic amines) is 1. The predicted molar refractivity (Wildman–Crippen MR) is 99.5 cm³/mol. The average Bonchev–Trinajstić information content (AvgIpc) is 3.26. The molecule has 3 atom stereocenters. The molecule has 0 saturated carbocycles. The Morgan fingerprint density at radius 1 is 1.33 bits per heavy atom. The number of benzene rings is 1. The highest BCUT2D eigenvalue weighted by Gasteiger charge is 2.70. The van der Waals surface area contributed by atoms with E-state index < -0.39 is 16.9 Å². The molecule has 3 aliphatic heterocycles. The Labute approximate surface area is 160 Å². The third-order valence-electron chi connectivity index (χ3n) is 5.79. The van der Waals surface area contributed by atoms with Gasteiger partial charge in [0, 0.05) is 30.9 Å². The molecule has 0 aliphatic carbocycles. The molecule has 9 heteroatoms. The second-order valence-electron chi connectivity index (χ2n) is 7.24. The molecule has 3 aliphatic rings. The molecular formula is C18H22F3N4OS+. The molecule has 2 saturated heterocycles. The topological polar surface area (TPSA) is 44.4 Å². The van der Waals surface area contributed by atoms with Crippen LogP contribution in [-0.4, -0.2) is 41.7 Å². The largest absolute Gasteiger partial charge is 0.433 e. The second kappa shape index (κ2) is 6.42. The maximum Gasteiger partial charge on any atom is 0.433 e. The van der Waals surface area contributed by atoms with E-state index in [2.05, 4.69) is 22.5 Å². The molecule has 0 aromatic heterocycles. The van der Waals surface area contributed by atoms with Crippen molar-refractivity contribution >= 4 is 23.5 Å². The van der Waals surface area contributed by atoms with Crippen molar-refractivity contribution in [1.82, 2.24) is 20.0 Å². The van der Waals surface area contributed by atoms with Gasteiger partial charge in [0.05, 0.1) is 5.56 Å². The third-order valence-corrected chi connectivity index (χ3v) is 6.94. The standard InChI is InChI=1S/C18H21F3N4OS/c1-13-3-2-9-24(13)10-11-25(16(26)23-18(25)22-8-12-27-18)15-6-4-14(5-7-15)17(19,20)21/h4-8,12-13,22H,2-3,9-11H2,1H3/p+1. The highest BCUT2D eigenvalue weighted by molar-refractivity contribution is 8.03. The number of halogens is 3. The molecule has 1 spiro atoms. The first-order chi connectivity index (χ1) is 12.8. The van der Waals surface area contributed by atoms with Crippen LogP contribution in [0.1, 0.15) is 25.3 Å². The molecule has 1 aromatic rings. The van der Waals surface area contributed by atoms with E-state index in [4.69, 9.17) is 0 Å². The second-order valence-corrected chi connectivity index (χ2v) is 8.34. The van der Waals surface area contributed by atoms with Crippen molar-refractivity contribution < 1.29 is 18.0 Å². The molecule has 1 aromatic carbocycles. The van der Waals surface area contributed by atoms with Crippen molar-refractivity contribution in [1.29, 1.82) is 0 Å². The summed E-state index contributed by atoms with van der Waals surface area (Å²) < 4.78 is 38.8. The molecule has 4 rings (SSSR count). The van der Waals surface area contributed by atoms with Crippen molar-refractivity contribution in [2.45, 2.75) is 37.1 Å². The highest BCUT2D eigenvalue weighted by Crippen LogP contribution is 2.47. The van der Waals surface area contributed by atoms with Crippen LogP contribution in [0.3, 0.4) is 0 Å². The predicted octanol–water partition coefficient (Wildman–Crippen LogP) is 3.64. The van der Waals surface area contributed by atoms with E-state index in [1.54, 1.807) is 6.20 Å². The maximum atomic E-state index is 13.0. The van der Waals surface area contributed by atoms with Crippen molar-refractivity contribution in [3.63, 3.8) is 0 Å². The molecule has 0 radical (unpaired) electrons. The van der Waals surface area contributed by atoms with Gasteiger partial charge in [-0.05, 0) is 55.6 Å². The van der Waals surface area contributed by atoms with Gasteiger partial charge in [0.15, 0.2) is 0 Å². The summed E-state index contributed by atoms with van der Waals surface area (Å²) in [6.07, 6.45) is -0.371. The summed E-state index contributed by atoms with van der Waals surface area (Å²) >= 11 is 1.44. The van der Waals surface area contributed by atoms with E-state index in [1.807, 2.05) is 5.41 Å². The minimum Gasteiger partial charge on any atom is -0.311 e. The first kappa shape index (κ1) is 18.6. The Morgan fingerprint density at radius 3 is 2.59 bits per heavy atom. The van der Waals surface area contributed by atoms with Gasteiger partial charge in [-0.25, -0.2) is 10.1 Å². The summed E-state index contributed by atoms with van der Waals surface area (Å²) in [7, 11) is 0. The first-order valence-corrected chi connectivity index (χ1v) is 9.90. The molecule has 146 valence electrons. The number of nitrogens with zero attached hydrogens (tertiary/aromatic N) is 2. The number of nitrogens with one attached hydrogen (secondary N) is 2. The van der Waals surface area contributed by atoms with Crippen LogP contribution in [0, 0.1) is 0 Å². The van der Waals surface area contributed by atoms with Crippen LogP contribution in [0.5, 0.6) is 0 Å². The van der Waals surface area contributed by atoms with E-state index in [-0.39, 0.29) is 10.5 Å². The fourth-order valence-corrected chi connectivity index (χ4v) is 5.28. The number of hydrogen-bond donors (Lipinski definition) is 2. The molecule has 27 heavy (non-hydrogen) atoms. The van der Waals surface area contributed by atoms with Gasteiger partial charge in [-0.2, -0.15) is 17.7 Å². The quantitative estimate of drug-likeness (QED) is 0.759. The molecule has 2 N–H and O–H groups in total. The van der Waals surface area contributed by atoms with Gasteiger partial charge < -0.3 is 5.32 Å². The van der Waals surface area contributed by atoms with E-state index >= 15 is 0 Å². The van der Waals surface area contributed by atoms with Crippen LogP contribution in [-0.2, 0) is 6.18 Å². The first-order valence-electron chi connectivity index (χ1n) is 9.02. The Morgan fingerprint density at radius 2 is 2.07 bits per heavy atom. The minimum absolute atomic E-state index is 0.0635.